The highest BCUT2D eigenvalue weighted by molar-refractivity contribution is 8.00. The molecule has 0 amide bonds. The van der Waals surface area contributed by atoms with Crippen LogP contribution in [0.2, 0.25) is 5.02 Å². The first-order valence-electron chi connectivity index (χ1n) is 3.95. The molecule has 11 heteroatoms. The number of hydrogen-bond acceptors (Lipinski definition) is 6. The van der Waals surface area contributed by atoms with Gasteiger partial charge in [0.05, 0.1) is 5.02 Å². The molecule has 0 aliphatic heterocycles. The van der Waals surface area contributed by atoms with Crippen LogP contribution in [0.3, 0.4) is 0 Å². The second-order valence-electron chi connectivity index (χ2n) is 2.86. The standard InChI is InChI=1S/C6H7ClN2O6P2/c7-4-1-2-5(8-3-4)9-6(16(10,11)12)17(13,14)15/h1-3,10-12H,(H-,13,14,15)/p+1. The summed E-state index contributed by atoms with van der Waals surface area (Å²) in [6, 6.07) is 2.52. The second-order valence-corrected chi connectivity index (χ2v) is 6.72. The number of aliphatic imine (C=N–C) groups is 1. The largest absolute Gasteiger partial charge is 0.469 e. The maximum absolute atomic E-state index is 10.9. The van der Waals surface area contributed by atoms with Crippen molar-refractivity contribution in [2.75, 3.05) is 0 Å². The molecule has 0 saturated heterocycles. The third kappa shape index (κ3) is 4.39. The Kier molecular flexibility index (Phi) is 4.35. The lowest BCUT2D eigenvalue weighted by Gasteiger charge is -2.07. The fraction of sp³-hybridized carbons (Fsp3) is 0. The zero-order valence-electron chi connectivity index (χ0n) is 8.04. The van der Waals surface area contributed by atoms with Gasteiger partial charge >= 0.3 is 20.7 Å². The summed E-state index contributed by atoms with van der Waals surface area (Å²) in [5, 5.41) is -1.15. The lowest BCUT2D eigenvalue weighted by atomic mass is 10.5. The zero-order chi connectivity index (χ0) is 13.3. The number of halogens is 1. The van der Waals surface area contributed by atoms with Gasteiger partial charge in [-0.05, 0) is 12.1 Å². The number of nitrogens with zero attached hydrogens (tertiary/aromatic N) is 2. The molecule has 0 radical (unpaired) electrons. The molecule has 1 heterocycles. The summed E-state index contributed by atoms with van der Waals surface area (Å²) in [5.74, 6) is -0.228. The molecule has 0 aliphatic rings. The van der Waals surface area contributed by atoms with Gasteiger partial charge in [0.25, 0.3) is 0 Å². The number of rotatable bonds is 3. The second kappa shape index (κ2) is 5.06. The SMILES string of the molecule is O=P(O)(O)C(=Nc1ccc(Cl)cn1)[P+](O)(O)O. The Labute approximate surface area is 101 Å². The van der Waals surface area contributed by atoms with E-state index >= 15 is 0 Å². The van der Waals surface area contributed by atoms with Crippen LogP contribution in [-0.4, -0.2) is 34.6 Å². The first-order chi connectivity index (χ1) is 7.60. The van der Waals surface area contributed by atoms with Crippen molar-refractivity contribution >= 4 is 38.2 Å². The Balaban J connectivity index is 3.25. The minimum absolute atomic E-state index is 0.228. The van der Waals surface area contributed by atoms with E-state index in [1.165, 1.54) is 12.1 Å². The van der Waals surface area contributed by atoms with Crippen LogP contribution in [0.5, 0.6) is 0 Å². The Bertz CT molecular complexity index is 478. The van der Waals surface area contributed by atoms with E-state index in [2.05, 4.69) is 9.98 Å². The van der Waals surface area contributed by atoms with Gasteiger partial charge in [-0.25, -0.2) is 9.55 Å². The summed E-state index contributed by atoms with van der Waals surface area (Å²) < 4.78 is 10.9. The molecule has 0 aromatic carbocycles. The molecule has 1 aromatic heterocycles. The first-order valence-corrected chi connectivity index (χ1v) is 7.58. The Morgan fingerprint density at radius 1 is 1.35 bits per heavy atom. The minimum atomic E-state index is -5.10. The summed E-state index contributed by atoms with van der Waals surface area (Å²) in [6.45, 7) is 0. The average Bonchev–Trinajstić information content (AvgIpc) is 2.13. The van der Waals surface area contributed by atoms with Crippen molar-refractivity contribution < 1.29 is 29.0 Å². The van der Waals surface area contributed by atoms with Gasteiger partial charge in [-0.2, -0.15) is 19.7 Å². The maximum atomic E-state index is 10.9. The lowest BCUT2D eigenvalue weighted by Crippen LogP contribution is -2.06. The molecule has 0 fully saturated rings. The maximum Gasteiger partial charge on any atom is 0.469 e. The van der Waals surface area contributed by atoms with E-state index < -0.39 is 20.7 Å². The highest BCUT2D eigenvalue weighted by Gasteiger charge is 2.51. The van der Waals surface area contributed by atoms with Gasteiger partial charge in [-0.1, -0.05) is 11.6 Å². The molecule has 17 heavy (non-hydrogen) atoms. The van der Waals surface area contributed by atoms with Crippen LogP contribution in [0.15, 0.2) is 23.3 Å². The van der Waals surface area contributed by atoms with E-state index in [-0.39, 0.29) is 10.8 Å². The van der Waals surface area contributed by atoms with Crippen molar-refractivity contribution in [2.24, 2.45) is 4.99 Å². The van der Waals surface area contributed by atoms with Crippen molar-refractivity contribution in [2.45, 2.75) is 0 Å². The number of aromatic nitrogens is 1. The van der Waals surface area contributed by atoms with Gasteiger partial charge in [0, 0.05) is 6.20 Å². The Morgan fingerprint density at radius 2 is 1.94 bits per heavy atom. The van der Waals surface area contributed by atoms with E-state index in [0.29, 0.717) is 0 Å². The van der Waals surface area contributed by atoms with Crippen LogP contribution in [0.1, 0.15) is 0 Å². The van der Waals surface area contributed by atoms with Crippen LogP contribution in [0.25, 0.3) is 0 Å². The van der Waals surface area contributed by atoms with E-state index in [1.807, 2.05) is 0 Å². The van der Waals surface area contributed by atoms with Crippen molar-refractivity contribution in [3.8, 4) is 0 Å². The van der Waals surface area contributed by atoms with Gasteiger partial charge in [0.15, 0.2) is 5.82 Å². The van der Waals surface area contributed by atoms with Gasteiger partial charge in [-0.3, -0.25) is 0 Å². The van der Waals surface area contributed by atoms with E-state index in [1.54, 1.807) is 0 Å². The zero-order valence-corrected chi connectivity index (χ0v) is 10.6. The molecule has 0 spiro atoms. The summed E-state index contributed by atoms with van der Waals surface area (Å²) in [6.07, 6.45) is 1.14. The van der Waals surface area contributed by atoms with Crippen molar-refractivity contribution in [1.29, 1.82) is 0 Å². The fourth-order valence-corrected chi connectivity index (χ4v) is 2.82. The highest BCUT2D eigenvalue weighted by Crippen LogP contribution is 2.60. The Hall–Kier alpha value is -0.430. The first kappa shape index (κ1) is 14.6. The normalized spacial score (nSPS) is 13.9. The fourth-order valence-electron chi connectivity index (χ4n) is 0.844. The van der Waals surface area contributed by atoms with Gasteiger partial charge in [0.2, 0.25) is 0 Å². The molecule has 5 N–H and O–H groups in total. The van der Waals surface area contributed by atoms with Gasteiger partial charge in [-0.15, -0.1) is 0 Å². The van der Waals surface area contributed by atoms with Crippen LogP contribution in [-0.2, 0) is 4.57 Å². The number of hydrogen-bond donors (Lipinski definition) is 5. The highest BCUT2D eigenvalue weighted by atomic mass is 35.5. The molecule has 0 atom stereocenters. The van der Waals surface area contributed by atoms with Gasteiger partial charge < -0.3 is 9.79 Å². The lowest BCUT2D eigenvalue weighted by molar-refractivity contribution is 0.349. The molecule has 0 bridgehead atoms. The molecule has 1 aromatic rings. The Morgan fingerprint density at radius 3 is 2.29 bits per heavy atom. The van der Waals surface area contributed by atoms with Crippen molar-refractivity contribution in [1.82, 2.24) is 4.98 Å². The smallest absolute Gasteiger partial charge is 0.317 e. The quantitative estimate of drug-likeness (QED) is 0.407. The molecule has 0 unspecified atom stereocenters. The monoisotopic (exact) mass is 301 g/mol. The van der Waals surface area contributed by atoms with Gasteiger partial charge in [0.1, 0.15) is 0 Å². The molecule has 94 valence electrons. The molecule has 0 saturated carbocycles. The summed E-state index contributed by atoms with van der Waals surface area (Å²) in [4.78, 5) is 51.0. The minimum Gasteiger partial charge on any atom is -0.317 e. The topological polar surface area (TPSA) is 143 Å². The average molecular weight is 302 g/mol. The van der Waals surface area contributed by atoms with Crippen molar-refractivity contribution in [3.05, 3.63) is 23.4 Å². The van der Waals surface area contributed by atoms with Crippen LogP contribution < -0.4 is 0 Å². The molecule has 8 nitrogen and oxygen atoms in total. The summed E-state index contributed by atoms with van der Waals surface area (Å²) in [5.41, 5.74) is 0. The van der Waals surface area contributed by atoms with Crippen LogP contribution in [0.4, 0.5) is 5.82 Å². The predicted molar refractivity (Wildman–Crippen MR) is 62.0 cm³/mol. The van der Waals surface area contributed by atoms with Crippen LogP contribution in [0, 0.1) is 0 Å². The van der Waals surface area contributed by atoms with Crippen LogP contribution >= 0.6 is 27.1 Å². The predicted octanol–water partition coefficient (Wildman–Crippen LogP) is 0.640. The molecular formula is C6H8ClN2O6P2+. The van der Waals surface area contributed by atoms with Crippen molar-refractivity contribution in [3.63, 3.8) is 0 Å². The molecular weight excluding hydrogens is 293 g/mol. The van der Waals surface area contributed by atoms with E-state index in [9.17, 15) is 4.57 Å². The third-order valence-corrected chi connectivity index (χ3v) is 4.52. The van der Waals surface area contributed by atoms with E-state index in [0.717, 1.165) is 6.20 Å². The number of pyridine rings is 1. The summed E-state index contributed by atoms with van der Waals surface area (Å²) >= 11 is 5.52. The molecule has 0 aliphatic carbocycles. The molecule has 1 rings (SSSR count). The van der Waals surface area contributed by atoms with E-state index in [4.69, 9.17) is 36.1 Å². The third-order valence-electron chi connectivity index (χ3n) is 1.46. The summed E-state index contributed by atoms with van der Waals surface area (Å²) in [7, 11) is -10.0.